The monoisotopic (exact) mass is 681 g/mol. The summed E-state index contributed by atoms with van der Waals surface area (Å²) in [6.07, 6.45) is 3.59. The minimum absolute atomic E-state index is 0. The summed E-state index contributed by atoms with van der Waals surface area (Å²) in [7, 11) is 0. The SMILES string of the molecule is Cc1ccc2oc3c(-c4ccccn4)[c-]ccc3c2c1.[Ir].[c-]1cc(-c2ccccc2)ccc1-c1ccccn1. The maximum atomic E-state index is 6.02. The molecule has 3 nitrogen and oxygen atoms in total. The van der Waals surface area contributed by atoms with Gasteiger partial charge in [0.25, 0.3) is 0 Å². The predicted octanol–water partition coefficient (Wildman–Crippen LogP) is 8.97. The summed E-state index contributed by atoms with van der Waals surface area (Å²) in [4.78, 5) is 8.72. The fraction of sp³-hybridized carbons (Fsp3) is 0.0286. The molecule has 4 aromatic carbocycles. The normalized spacial score (nSPS) is 10.5. The largest absolute Gasteiger partial charge is 0.501 e. The van der Waals surface area contributed by atoms with Gasteiger partial charge in [0.2, 0.25) is 0 Å². The molecule has 7 aromatic rings. The van der Waals surface area contributed by atoms with Crippen LogP contribution in [-0.2, 0) is 20.1 Å². The number of aryl methyl sites for hydroxylation is 1. The van der Waals surface area contributed by atoms with Crippen molar-refractivity contribution >= 4 is 21.9 Å². The third-order valence-electron chi connectivity index (χ3n) is 6.37. The molecule has 0 fully saturated rings. The van der Waals surface area contributed by atoms with Crippen LogP contribution >= 0.6 is 0 Å². The van der Waals surface area contributed by atoms with Crippen LogP contribution in [0.5, 0.6) is 0 Å². The Morgan fingerprint density at radius 2 is 1.38 bits per heavy atom. The quantitative estimate of drug-likeness (QED) is 0.175. The van der Waals surface area contributed by atoms with Gasteiger partial charge in [0.1, 0.15) is 5.58 Å². The third-order valence-corrected chi connectivity index (χ3v) is 6.37. The van der Waals surface area contributed by atoms with E-state index < -0.39 is 0 Å². The van der Waals surface area contributed by atoms with E-state index in [2.05, 4.69) is 65.4 Å². The molecule has 7 rings (SSSR count). The summed E-state index contributed by atoms with van der Waals surface area (Å²) in [5.41, 5.74) is 9.15. The van der Waals surface area contributed by atoms with Gasteiger partial charge in [-0.2, -0.15) is 0 Å². The van der Waals surface area contributed by atoms with E-state index in [0.717, 1.165) is 44.5 Å². The van der Waals surface area contributed by atoms with Crippen molar-refractivity contribution < 1.29 is 24.5 Å². The number of aromatic nitrogens is 2. The standard InChI is InChI=1S/C18H12NO.C17H12N.Ir/c1-12-8-9-17-15(11-12)13-5-4-6-14(18(13)20-17)16-7-2-3-10-19-16;1-2-6-14(7-3-1)15-9-11-16(12-10-15)17-8-4-5-13-18-17;/h2-5,7-11H,1H3;1-11,13H;/q2*-1;. The zero-order valence-electron chi connectivity index (χ0n) is 21.3. The topological polar surface area (TPSA) is 38.9 Å². The molecule has 4 heteroatoms. The second-order valence-corrected chi connectivity index (χ2v) is 8.98. The molecular formula is C35H24IrN2O-2. The van der Waals surface area contributed by atoms with Crippen LogP contribution in [0.4, 0.5) is 0 Å². The number of fused-ring (bicyclic) bond motifs is 3. The average molecular weight is 681 g/mol. The van der Waals surface area contributed by atoms with Gasteiger partial charge >= 0.3 is 0 Å². The van der Waals surface area contributed by atoms with Crippen LogP contribution in [0.15, 0.2) is 132 Å². The van der Waals surface area contributed by atoms with E-state index in [1.807, 2.05) is 78.9 Å². The third kappa shape index (κ3) is 5.73. The van der Waals surface area contributed by atoms with E-state index in [0.29, 0.717) is 0 Å². The molecule has 0 amide bonds. The first-order chi connectivity index (χ1) is 18.8. The second-order valence-electron chi connectivity index (χ2n) is 8.98. The van der Waals surface area contributed by atoms with Crippen molar-refractivity contribution in [2.45, 2.75) is 6.92 Å². The van der Waals surface area contributed by atoms with Crippen molar-refractivity contribution in [1.29, 1.82) is 0 Å². The van der Waals surface area contributed by atoms with Crippen LogP contribution in [-0.4, -0.2) is 9.97 Å². The molecule has 0 atom stereocenters. The van der Waals surface area contributed by atoms with E-state index in [1.165, 1.54) is 16.7 Å². The smallest absolute Gasteiger partial charge is 0.120 e. The molecule has 3 heterocycles. The summed E-state index contributed by atoms with van der Waals surface area (Å²) >= 11 is 0. The van der Waals surface area contributed by atoms with E-state index in [9.17, 15) is 0 Å². The first-order valence-corrected chi connectivity index (χ1v) is 12.5. The number of benzene rings is 4. The molecule has 0 saturated carbocycles. The molecule has 3 aromatic heterocycles. The number of pyridine rings is 2. The van der Waals surface area contributed by atoms with Crippen LogP contribution < -0.4 is 0 Å². The maximum Gasteiger partial charge on any atom is 0.120 e. The van der Waals surface area contributed by atoms with Gasteiger partial charge in [0.15, 0.2) is 0 Å². The second kappa shape index (κ2) is 12.0. The Morgan fingerprint density at radius 3 is 2.08 bits per heavy atom. The van der Waals surface area contributed by atoms with Crippen molar-refractivity contribution in [3.8, 4) is 33.6 Å². The van der Waals surface area contributed by atoms with Gasteiger partial charge in [0, 0.05) is 37.9 Å². The van der Waals surface area contributed by atoms with Crippen LogP contribution in [0, 0.1) is 19.1 Å². The van der Waals surface area contributed by atoms with Gasteiger partial charge in [-0.05, 0) is 42.6 Å². The Labute approximate surface area is 241 Å². The first-order valence-electron chi connectivity index (χ1n) is 12.5. The summed E-state index contributed by atoms with van der Waals surface area (Å²) in [6.45, 7) is 2.09. The molecule has 0 aliphatic rings. The van der Waals surface area contributed by atoms with Crippen molar-refractivity contribution in [1.82, 2.24) is 9.97 Å². The molecule has 0 bridgehead atoms. The van der Waals surface area contributed by atoms with Gasteiger partial charge in [-0.15, -0.1) is 48.0 Å². The molecule has 0 unspecified atom stereocenters. The van der Waals surface area contributed by atoms with Gasteiger partial charge < -0.3 is 14.4 Å². The number of rotatable bonds is 3. The van der Waals surface area contributed by atoms with Crippen LogP contribution in [0.25, 0.3) is 55.6 Å². The molecule has 0 spiro atoms. The van der Waals surface area contributed by atoms with Crippen molar-refractivity contribution in [2.75, 3.05) is 0 Å². The minimum atomic E-state index is 0. The molecule has 191 valence electrons. The summed E-state index contributed by atoms with van der Waals surface area (Å²) < 4.78 is 6.02. The average Bonchev–Trinajstić information content (AvgIpc) is 3.37. The van der Waals surface area contributed by atoms with Crippen LogP contribution in [0.1, 0.15) is 5.56 Å². The van der Waals surface area contributed by atoms with Crippen molar-refractivity contribution in [3.05, 3.63) is 145 Å². The number of furan rings is 1. The Balaban J connectivity index is 0.000000155. The molecule has 39 heavy (non-hydrogen) atoms. The van der Waals surface area contributed by atoms with Crippen LogP contribution in [0.3, 0.4) is 0 Å². The Morgan fingerprint density at radius 1 is 0.641 bits per heavy atom. The van der Waals surface area contributed by atoms with Crippen molar-refractivity contribution in [2.24, 2.45) is 0 Å². The molecule has 0 aliphatic carbocycles. The number of hydrogen-bond acceptors (Lipinski definition) is 3. The number of hydrogen-bond donors (Lipinski definition) is 0. The van der Waals surface area contributed by atoms with Crippen molar-refractivity contribution in [3.63, 3.8) is 0 Å². The Kier molecular flexibility index (Phi) is 8.07. The number of nitrogens with zero attached hydrogens (tertiary/aromatic N) is 2. The molecule has 0 N–H and O–H groups in total. The van der Waals surface area contributed by atoms with E-state index in [1.54, 1.807) is 12.4 Å². The molecular weight excluding hydrogens is 657 g/mol. The summed E-state index contributed by atoms with van der Waals surface area (Å²) in [6, 6.07) is 45.0. The molecule has 0 aliphatic heterocycles. The first kappa shape index (κ1) is 26.2. The maximum absolute atomic E-state index is 6.02. The minimum Gasteiger partial charge on any atom is -0.501 e. The van der Waals surface area contributed by atoms with Gasteiger partial charge in [-0.1, -0.05) is 88.3 Å². The van der Waals surface area contributed by atoms with Crippen LogP contribution in [0.2, 0.25) is 0 Å². The molecule has 1 radical (unpaired) electrons. The van der Waals surface area contributed by atoms with Gasteiger partial charge in [-0.25, -0.2) is 0 Å². The fourth-order valence-electron chi connectivity index (χ4n) is 4.47. The Bertz CT molecular complexity index is 1740. The zero-order valence-corrected chi connectivity index (χ0v) is 23.7. The van der Waals surface area contributed by atoms with Gasteiger partial charge in [-0.3, -0.25) is 0 Å². The van der Waals surface area contributed by atoms with E-state index in [-0.39, 0.29) is 20.1 Å². The summed E-state index contributed by atoms with van der Waals surface area (Å²) in [5.74, 6) is 0. The predicted molar refractivity (Wildman–Crippen MR) is 154 cm³/mol. The van der Waals surface area contributed by atoms with E-state index >= 15 is 0 Å². The zero-order chi connectivity index (χ0) is 25.7. The van der Waals surface area contributed by atoms with Gasteiger partial charge in [0.05, 0.1) is 5.58 Å². The fourth-order valence-corrected chi connectivity index (χ4v) is 4.47. The van der Waals surface area contributed by atoms with E-state index in [4.69, 9.17) is 4.42 Å². The summed E-state index contributed by atoms with van der Waals surface area (Å²) in [5, 5.41) is 2.26. The Hall–Kier alpha value is -4.37. The molecule has 0 saturated heterocycles.